The van der Waals surface area contributed by atoms with Crippen molar-refractivity contribution in [1.82, 2.24) is 47.2 Å². The van der Waals surface area contributed by atoms with Crippen molar-refractivity contribution in [2.24, 2.45) is 17.8 Å². The highest BCUT2D eigenvalue weighted by molar-refractivity contribution is 5.94. The minimum absolute atomic E-state index is 0.0138. The predicted molar refractivity (Wildman–Crippen MR) is 460 cm³/mol. The molecule has 0 unspecified atom stereocenters. The number of aromatic nitrogens is 2. The van der Waals surface area contributed by atoms with Crippen molar-refractivity contribution in [2.75, 3.05) is 138 Å². The van der Waals surface area contributed by atoms with Crippen LogP contribution in [0.5, 0.6) is 0 Å². The third-order valence-corrected chi connectivity index (χ3v) is 20.4. The number of carbonyl (C=O) groups excluding carboxylic acids is 12. The van der Waals surface area contributed by atoms with Gasteiger partial charge in [0.2, 0.25) is 41.4 Å². The first-order chi connectivity index (χ1) is 60.2. The molecule has 714 valence electrons. The van der Waals surface area contributed by atoms with Crippen LogP contribution in [0.25, 0.3) is 0 Å². The Labute approximate surface area is 736 Å². The summed E-state index contributed by atoms with van der Waals surface area (Å²) in [6.07, 6.45) is 27.0. The molecule has 0 radical (unpaired) electrons. The number of aliphatic carboxylic acids is 4. The summed E-state index contributed by atoms with van der Waals surface area (Å²) >= 11 is 0. The summed E-state index contributed by atoms with van der Waals surface area (Å²) < 4.78 is 43.2. The fourth-order valence-electron chi connectivity index (χ4n) is 13.1. The summed E-state index contributed by atoms with van der Waals surface area (Å²) in [6.45, 7) is 4.70. The first-order valence-corrected chi connectivity index (χ1v) is 45.3. The summed E-state index contributed by atoms with van der Waals surface area (Å²) in [5, 5.41) is 55.6. The van der Waals surface area contributed by atoms with Crippen molar-refractivity contribution in [3.8, 4) is 0 Å². The van der Waals surface area contributed by atoms with Gasteiger partial charge in [0.05, 0.1) is 91.0 Å². The Hall–Kier alpha value is -8.59. The lowest BCUT2D eigenvalue weighted by atomic mass is 9.83. The van der Waals surface area contributed by atoms with Gasteiger partial charge in [0.25, 0.3) is 0 Å². The number of Topliss-reactive ketones (excluding diaryl/α,β-unsaturated/α-hetero) is 5. The predicted octanol–water partition coefficient (Wildman–Crippen LogP) is 7.31. The summed E-state index contributed by atoms with van der Waals surface area (Å²) in [6, 6.07) is -2.35. The molecule has 0 spiro atoms. The molecule has 7 amide bonds. The largest absolute Gasteiger partial charge is 0.481 e. The van der Waals surface area contributed by atoms with Crippen LogP contribution < -0.4 is 37.2 Å². The molecule has 1 aromatic heterocycles. The minimum atomic E-state index is -1.40. The number of carboxylic acid groups (broad SMARTS) is 4. The van der Waals surface area contributed by atoms with E-state index in [0.29, 0.717) is 77.5 Å². The number of amides is 7. The van der Waals surface area contributed by atoms with E-state index in [2.05, 4.69) is 47.2 Å². The highest BCUT2D eigenvalue weighted by atomic mass is 16.5. The van der Waals surface area contributed by atoms with Crippen molar-refractivity contribution in [2.45, 2.75) is 289 Å². The molecule has 0 aliphatic carbocycles. The minimum Gasteiger partial charge on any atom is -0.481 e. The van der Waals surface area contributed by atoms with Gasteiger partial charge < -0.3 is 101 Å². The molecule has 0 aliphatic heterocycles. The molecule has 12 N–H and O–H groups in total. The van der Waals surface area contributed by atoms with Crippen LogP contribution in [0.1, 0.15) is 276 Å². The molecule has 125 heavy (non-hydrogen) atoms. The highest BCUT2D eigenvalue weighted by Crippen LogP contribution is 2.24. The summed E-state index contributed by atoms with van der Waals surface area (Å²) in [5.41, 5.74) is 0.725. The Balaban J connectivity index is 2.37. The van der Waals surface area contributed by atoms with Crippen LogP contribution in [0.2, 0.25) is 0 Å². The number of carbonyl (C=O) groups is 16. The lowest BCUT2D eigenvalue weighted by Gasteiger charge is -2.21. The van der Waals surface area contributed by atoms with Gasteiger partial charge in [-0.15, -0.1) is 0 Å². The van der Waals surface area contributed by atoms with Crippen LogP contribution in [-0.4, -0.2) is 275 Å². The normalized spacial score (nSPS) is 12.4. The molecule has 37 nitrogen and oxygen atoms in total. The number of carboxylic acids is 4. The molecular weight excluding hydrogens is 1630 g/mol. The molecule has 0 saturated heterocycles. The Bertz CT molecular complexity index is 3180. The summed E-state index contributed by atoms with van der Waals surface area (Å²) in [5.74, 6) is -11.0. The Morgan fingerprint density at radius 2 is 0.728 bits per heavy atom. The molecule has 37 heteroatoms. The summed E-state index contributed by atoms with van der Waals surface area (Å²) in [4.78, 5) is 205. The number of rotatable bonds is 91. The molecule has 0 fully saturated rings. The van der Waals surface area contributed by atoms with Gasteiger partial charge in [-0.25, -0.2) is 9.78 Å². The van der Waals surface area contributed by atoms with Crippen molar-refractivity contribution < 1.29 is 135 Å². The van der Waals surface area contributed by atoms with Gasteiger partial charge >= 0.3 is 23.9 Å². The first-order valence-electron chi connectivity index (χ1n) is 45.3. The maximum absolute atomic E-state index is 14.1. The number of hydrogen-bond donors (Lipinski definition) is 12. The van der Waals surface area contributed by atoms with Crippen molar-refractivity contribution >= 4 is 94.1 Å². The van der Waals surface area contributed by atoms with E-state index >= 15 is 0 Å². The van der Waals surface area contributed by atoms with E-state index in [1.54, 1.807) is 6.20 Å². The van der Waals surface area contributed by atoms with Gasteiger partial charge in [-0.1, -0.05) is 116 Å². The number of aromatic amines is 1. The number of hydrogen-bond acceptors (Lipinski definition) is 25. The third-order valence-electron chi connectivity index (χ3n) is 20.4. The number of H-pyrrole nitrogens is 1. The van der Waals surface area contributed by atoms with E-state index in [-0.39, 0.29) is 224 Å². The van der Waals surface area contributed by atoms with Crippen LogP contribution in [0, 0.1) is 17.8 Å². The third kappa shape index (κ3) is 72.2. The van der Waals surface area contributed by atoms with Gasteiger partial charge in [0.1, 0.15) is 49.8 Å². The summed E-state index contributed by atoms with van der Waals surface area (Å²) in [7, 11) is 0. The number of nitrogens with zero attached hydrogens (tertiary/aromatic N) is 1. The van der Waals surface area contributed by atoms with Crippen LogP contribution >= 0.6 is 0 Å². The van der Waals surface area contributed by atoms with Gasteiger partial charge in [-0.05, 0) is 90.9 Å². The van der Waals surface area contributed by atoms with E-state index in [1.807, 2.05) is 0 Å². The average molecular weight is 1780 g/mol. The van der Waals surface area contributed by atoms with E-state index < -0.39 is 95.5 Å². The van der Waals surface area contributed by atoms with Gasteiger partial charge in [0.15, 0.2) is 11.6 Å². The quantitative estimate of drug-likeness (QED) is 0.0284. The second-order valence-corrected chi connectivity index (χ2v) is 31.4. The zero-order valence-corrected chi connectivity index (χ0v) is 74.4. The van der Waals surface area contributed by atoms with Crippen molar-refractivity contribution in [3.63, 3.8) is 0 Å². The molecule has 0 aliphatic rings. The molecule has 1 aromatic rings. The van der Waals surface area contributed by atoms with Crippen LogP contribution in [0.4, 0.5) is 0 Å². The lowest BCUT2D eigenvalue weighted by molar-refractivity contribution is -0.145. The van der Waals surface area contributed by atoms with Crippen LogP contribution in [0.3, 0.4) is 0 Å². The number of unbranched alkanes of at least 4 members (excludes halogenated alkanes) is 20. The number of aryl methyl sites for hydroxylation is 1. The molecule has 5 atom stereocenters. The lowest BCUT2D eigenvalue weighted by Crippen LogP contribution is -2.43. The van der Waals surface area contributed by atoms with E-state index in [0.717, 1.165) is 134 Å². The topological polar surface area (TPSA) is 541 Å². The average Bonchev–Trinajstić information content (AvgIpc) is 0.926. The number of nitrogens with one attached hydrogen (secondary N) is 8. The Morgan fingerprint density at radius 1 is 0.328 bits per heavy atom. The Kier molecular flexibility index (Phi) is 72.2. The van der Waals surface area contributed by atoms with Crippen LogP contribution in [-0.2, 0) is 121 Å². The molecule has 1 heterocycles. The monoisotopic (exact) mass is 1780 g/mol. The first kappa shape index (κ1) is 114. The maximum Gasteiger partial charge on any atom is 0.326 e. The van der Waals surface area contributed by atoms with Gasteiger partial charge in [-0.2, -0.15) is 0 Å². The molecule has 0 bridgehead atoms. The van der Waals surface area contributed by atoms with E-state index in [9.17, 15) is 86.9 Å². The number of imidazole rings is 1. The standard InChI is InChI=1S/C88H149N9O28/c1-67(96-81(106)39-36-72-61-89-66-95-72)76(101)60-70(29-24-26-42-90-79(104)38-35-71(87(114)115)58-74(100)62-122-54-51-120-48-44-93-83(108)64-124-56-52-119-47-43-92-78(103)32-20-16-12-8-4-6-10-14-18-22-34-86(112)113)77(102)59-69(68(2)98)28-23-25-41-91-80(105)40-37-75(88(116)117)97-84(109)65-125-57-53-121-49-45-94-82(107)63-123-55-50-118-46-27-31-73(99)30-19-15-11-7-3-5-9-13-17-21-33-85(110)111/h61,66-67,69-71,75H,3-60,62-65H2,1-2H3,(H,89,95)(H,90,104)(H,91,105)(H,92,103)(H,93,108)(H,94,107)(H,96,106)(H,97,109)(H,110,111)(H,112,113)(H,114,115)(H,116,117)/t67-,69+,70+,71+,75-/m0/s1. The van der Waals surface area contributed by atoms with E-state index in [4.69, 9.17) is 48.1 Å². The SMILES string of the molecule is CC(=O)[C@H](CCCCNC(=O)CC[C@H](NC(=O)COCCOCCNC(=O)COCCOCCCC(=O)CCCCCCCCCCCCC(=O)O)C(=O)O)CC(=O)[C@H](CCCCNC(=O)CC[C@H](CC(=O)COCCOCCNC(=O)COCCOCCNC(=O)CCCCCCCCCCCCC(=O)O)C(=O)O)CC(=O)[C@H](C)NC(=O)CCc1cnc[nH]1. The van der Waals surface area contributed by atoms with Gasteiger partial charge in [0, 0.05) is 134 Å². The van der Waals surface area contributed by atoms with Crippen molar-refractivity contribution in [3.05, 3.63) is 18.2 Å². The molecule has 1 rings (SSSR count). The maximum atomic E-state index is 14.1. The molecule has 0 saturated carbocycles. The molecule has 0 aromatic carbocycles. The second kappa shape index (κ2) is 78.9. The molecular formula is C88H149N9O28. The van der Waals surface area contributed by atoms with Crippen LogP contribution in [0.15, 0.2) is 12.5 Å². The second-order valence-electron chi connectivity index (χ2n) is 31.4. The fraction of sp³-hybridized carbons (Fsp3) is 0.784. The highest BCUT2D eigenvalue weighted by Gasteiger charge is 2.30. The number of ketones is 5. The van der Waals surface area contributed by atoms with E-state index in [1.165, 1.54) is 20.2 Å². The smallest absolute Gasteiger partial charge is 0.326 e. The number of ether oxygens (including phenoxy) is 8. The zero-order valence-electron chi connectivity index (χ0n) is 74.4. The van der Waals surface area contributed by atoms with Gasteiger partial charge in [-0.3, -0.25) is 71.9 Å². The van der Waals surface area contributed by atoms with Crippen molar-refractivity contribution in [1.29, 1.82) is 0 Å². The zero-order chi connectivity index (χ0) is 92.0. The Morgan fingerprint density at radius 3 is 1.19 bits per heavy atom. The fourth-order valence-corrected chi connectivity index (χ4v) is 13.1.